The number of carbonyl (C=O) groups is 2. The number of rotatable bonds is 35. The van der Waals surface area contributed by atoms with Gasteiger partial charge < -0.3 is 24.4 Å². The van der Waals surface area contributed by atoms with E-state index in [4.69, 9.17) is 19.3 Å². The molecule has 2 atom stereocenters. The van der Waals surface area contributed by atoms with Gasteiger partial charge in [0.2, 0.25) is 0 Å². The lowest BCUT2D eigenvalue weighted by atomic mass is 10.1. The molecular weight excluding hydrogens is 715 g/mol. The molecule has 9 nitrogen and oxygen atoms in total. The summed E-state index contributed by atoms with van der Waals surface area (Å²) in [4.78, 5) is 42.7. The van der Waals surface area contributed by atoms with Crippen molar-refractivity contribution in [3.8, 4) is 0 Å². The van der Waals surface area contributed by atoms with Crippen molar-refractivity contribution >= 4 is 19.8 Å². The number of allylic oxidation sites excluding steroid dienone is 17. The second-order valence-corrected chi connectivity index (χ2v) is 14.3. The van der Waals surface area contributed by atoms with Crippen LogP contribution in [0.2, 0.25) is 0 Å². The minimum absolute atomic E-state index is 0.0936. The van der Waals surface area contributed by atoms with Crippen LogP contribution in [0.5, 0.6) is 0 Å². The number of hydrogen-bond donors (Lipinski definition) is 3. The van der Waals surface area contributed by atoms with E-state index in [2.05, 4.69) is 79.1 Å². The van der Waals surface area contributed by atoms with Gasteiger partial charge in [-0.15, -0.1) is 0 Å². The molecule has 0 saturated carbocycles. The number of carbonyl (C=O) groups excluding carboxylic acids is 2. The van der Waals surface area contributed by atoms with Crippen LogP contribution < -0.4 is 0 Å². The molecule has 0 aliphatic heterocycles. The molecule has 10 heteroatoms. The predicted octanol–water partition coefficient (Wildman–Crippen LogP) is 11.4. The fourth-order valence-corrected chi connectivity index (χ4v) is 5.17. The lowest BCUT2D eigenvalue weighted by molar-refractivity contribution is -0.161. The zero-order chi connectivity index (χ0) is 40.5. The van der Waals surface area contributed by atoms with Crippen LogP contribution in [0.25, 0.3) is 0 Å². The zero-order valence-electron chi connectivity index (χ0n) is 33.6. The maximum atomic E-state index is 12.4. The highest BCUT2D eigenvalue weighted by atomic mass is 31.2. The molecule has 0 fully saturated rings. The van der Waals surface area contributed by atoms with Crippen molar-refractivity contribution < 1.29 is 43.0 Å². The number of ether oxygens (including phenoxy) is 2. The minimum atomic E-state index is -4.80. The van der Waals surface area contributed by atoms with E-state index in [0.29, 0.717) is 19.3 Å². The Balaban J connectivity index is 4.23. The number of unbranched alkanes of at least 4 members (excludes halogenated alkanes) is 6. The molecule has 0 unspecified atom stereocenters. The van der Waals surface area contributed by atoms with Gasteiger partial charge in [-0.3, -0.25) is 14.1 Å². The molecule has 0 rings (SSSR count). The van der Waals surface area contributed by atoms with Gasteiger partial charge in [-0.05, 0) is 77.0 Å². The number of phosphoric ester groups is 1. The summed E-state index contributed by atoms with van der Waals surface area (Å²) in [6.07, 6.45) is 51.5. The maximum absolute atomic E-state index is 12.4. The highest BCUT2D eigenvalue weighted by Gasteiger charge is 2.22. The summed E-state index contributed by atoms with van der Waals surface area (Å²) in [7, 11) is -4.80. The standard InChI is InChI=1S/C45H71O9P/c1-3-5-7-8-9-10-11-12-13-14-15-16-17-18-21-24-27-30-34-38-44(47)52-40-43(41-53-55(49,50)51)54-45(48)39-35-31-28-25-22-19-20-23-26-29-33-37-42(46)36-32-6-4-2/h9-10,12-13,15-16,18-21,25-30,33,37,42-43,46H,3-8,11,14,17,22-24,31-32,34-36,38-41H2,1-2H3,(H2,49,50,51)/b10-9-,13-12-,16-15-,20-19-,21-18-,28-25-,29-26-,30-27-,37-33+/t42-,43+/m0/s1. The first-order valence-corrected chi connectivity index (χ1v) is 21.8. The van der Waals surface area contributed by atoms with E-state index in [-0.39, 0.29) is 25.6 Å². The third kappa shape index (κ3) is 41.7. The molecule has 0 amide bonds. The van der Waals surface area contributed by atoms with Gasteiger partial charge in [0.15, 0.2) is 6.10 Å². The van der Waals surface area contributed by atoms with Crippen molar-refractivity contribution in [1.29, 1.82) is 0 Å². The third-order valence-electron chi connectivity index (χ3n) is 7.88. The van der Waals surface area contributed by atoms with Gasteiger partial charge in [-0.2, -0.15) is 0 Å². The smallest absolute Gasteiger partial charge is 0.462 e. The van der Waals surface area contributed by atoms with Crippen molar-refractivity contribution in [2.24, 2.45) is 0 Å². The summed E-state index contributed by atoms with van der Waals surface area (Å²) >= 11 is 0. The normalized spacial score (nSPS) is 14.2. The molecule has 310 valence electrons. The Hall–Kier alpha value is -3.33. The topological polar surface area (TPSA) is 140 Å². The van der Waals surface area contributed by atoms with Crippen molar-refractivity contribution in [1.82, 2.24) is 0 Å². The van der Waals surface area contributed by atoms with Crippen LogP contribution in [-0.2, 0) is 28.2 Å². The van der Waals surface area contributed by atoms with Crippen LogP contribution in [0.4, 0.5) is 0 Å². The average molecular weight is 787 g/mol. The summed E-state index contributed by atoms with van der Waals surface area (Å²) in [5, 5.41) is 9.87. The van der Waals surface area contributed by atoms with Gasteiger partial charge in [-0.1, -0.05) is 155 Å². The largest absolute Gasteiger partial charge is 0.469 e. The zero-order valence-corrected chi connectivity index (χ0v) is 34.5. The second kappa shape index (κ2) is 38.9. The molecule has 0 aliphatic rings. The molecular formula is C45H71O9P. The fraction of sp³-hybridized carbons (Fsp3) is 0.556. The molecule has 0 bridgehead atoms. The third-order valence-corrected chi connectivity index (χ3v) is 8.37. The molecule has 0 aromatic carbocycles. The number of esters is 2. The minimum Gasteiger partial charge on any atom is -0.462 e. The van der Waals surface area contributed by atoms with E-state index in [1.807, 2.05) is 48.6 Å². The first-order chi connectivity index (χ1) is 26.7. The van der Waals surface area contributed by atoms with E-state index >= 15 is 0 Å². The second-order valence-electron chi connectivity index (χ2n) is 13.1. The van der Waals surface area contributed by atoms with Crippen molar-refractivity contribution in [2.75, 3.05) is 13.2 Å². The van der Waals surface area contributed by atoms with E-state index in [0.717, 1.165) is 64.2 Å². The van der Waals surface area contributed by atoms with Crippen LogP contribution in [0, 0.1) is 0 Å². The number of aliphatic hydroxyl groups excluding tert-OH is 1. The Bertz CT molecular complexity index is 1270. The van der Waals surface area contributed by atoms with Gasteiger partial charge in [0.1, 0.15) is 6.61 Å². The Morgan fingerprint density at radius 2 is 1.05 bits per heavy atom. The Labute approximate surface area is 332 Å². The molecule has 0 spiro atoms. The molecule has 0 aliphatic carbocycles. The summed E-state index contributed by atoms with van der Waals surface area (Å²) in [5.41, 5.74) is 0. The van der Waals surface area contributed by atoms with Gasteiger partial charge in [0, 0.05) is 12.8 Å². The average Bonchev–Trinajstić information content (AvgIpc) is 3.15. The van der Waals surface area contributed by atoms with Gasteiger partial charge in [0.25, 0.3) is 0 Å². The lowest BCUT2D eigenvalue weighted by Gasteiger charge is -2.18. The Morgan fingerprint density at radius 1 is 0.564 bits per heavy atom. The van der Waals surface area contributed by atoms with Crippen molar-refractivity contribution in [3.05, 3.63) is 109 Å². The van der Waals surface area contributed by atoms with Gasteiger partial charge in [0.05, 0.1) is 12.7 Å². The Morgan fingerprint density at radius 3 is 1.60 bits per heavy atom. The number of phosphoric acid groups is 1. The van der Waals surface area contributed by atoms with Crippen molar-refractivity contribution in [2.45, 2.75) is 148 Å². The van der Waals surface area contributed by atoms with Crippen LogP contribution in [-0.4, -0.2) is 52.3 Å². The molecule has 0 aromatic rings. The van der Waals surface area contributed by atoms with Crippen LogP contribution in [0.15, 0.2) is 109 Å². The predicted molar refractivity (Wildman–Crippen MR) is 226 cm³/mol. The fourth-order valence-electron chi connectivity index (χ4n) is 4.81. The summed E-state index contributed by atoms with van der Waals surface area (Å²) in [6, 6.07) is 0. The van der Waals surface area contributed by atoms with Crippen LogP contribution >= 0.6 is 7.82 Å². The first-order valence-electron chi connectivity index (χ1n) is 20.3. The lowest BCUT2D eigenvalue weighted by Crippen LogP contribution is -2.29. The van der Waals surface area contributed by atoms with E-state index < -0.39 is 32.5 Å². The van der Waals surface area contributed by atoms with E-state index in [1.165, 1.54) is 25.7 Å². The highest BCUT2D eigenvalue weighted by Crippen LogP contribution is 2.35. The first kappa shape index (κ1) is 51.7. The van der Waals surface area contributed by atoms with Crippen LogP contribution in [0.1, 0.15) is 136 Å². The molecule has 0 saturated heterocycles. The molecule has 3 N–H and O–H groups in total. The monoisotopic (exact) mass is 786 g/mol. The van der Waals surface area contributed by atoms with Gasteiger partial charge in [-0.25, -0.2) is 4.57 Å². The summed E-state index contributed by atoms with van der Waals surface area (Å²) in [5.74, 6) is -1.09. The number of hydrogen-bond acceptors (Lipinski definition) is 7. The van der Waals surface area contributed by atoms with Gasteiger partial charge >= 0.3 is 19.8 Å². The van der Waals surface area contributed by atoms with E-state index in [9.17, 15) is 19.3 Å². The Kier molecular flexibility index (Phi) is 36.6. The maximum Gasteiger partial charge on any atom is 0.469 e. The molecule has 0 radical (unpaired) electrons. The SMILES string of the molecule is CCCCC/C=C\C/C=C\C/C=C\C/C=C\C/C=C\CCC(=O)OC[C@H](COP(=O)(O)O)OC(=O)CCC/C=C\C/C=C\C/C=C\C=C\[C@@H](O)CCCCC. The molecule has 0 heterocycles. The quantitative estimate of drug-likeness (QED) is 0.0188. The summed E-state index contributed by atoms with van der Waals surface area (Å²) in [6.45, 7) is 3.40. The molecule has 0 aromatic heterocycles. The number of aliphatic hydroxyl groups is 1. The van der Waals surface area contributed by atoms with E-state index in [1.54, 1.807) is 0 Å². The van der Waals surface area contributed by atoms with Crippen LogP contribution in [0.3, 0.4) is 0 Å². The summed E-state index contributed by atoms with van der Waals surface area (Å²) < 4.78 is 26.2. The highest BCUT2D eigenvalue weighted by molar-refractivity contribution is 7.46. The molecule has 55 heavy (non-hydrogen) atoms. The van der Waals surface area contributed by atoms with Crippen molar-refractivity contribution in [3.63, 3.8) is 0 Å².